The molecular weight excluding hydrogens is 398 g/mol. The van der Waals surface area contributed by atoms with Crippen LogP contribution in [0.4, 0.5) is 0 Å². The van der Waals surface area contributed by atoms with Gasteiger partial charge in [0.2, 0.25) is 0 Å². The minimum Gasteiger partial charge on any atom is -0.485 e. The molecule has 0 aliphatic rings. The van der Waals surface area contributed by atoms with E-state index >= 15 is 0 Å². The molecule has 0 N–H and O–H groups in total. The normalized spacial score (nSPS) is 11.5. The molecule has 0 radical (unpaired) electrons. The van der Waals surface area contributed by atoms with E-state index in [1.165, 1.54) is 0 Å². The molecule has 3 aromatic rings. The number of ether oxygens (including phenoxy) is 2. The fourth-order valence-corrected chi connectivity index (χ4v) is 3.04. The molecule has 0 saturated heterocycles. The number of rotatable bonds is 8. The third-order valence-electron chi connectivity index (χ3n) is 4.80. The van der Waals surface area contributed by atoms with Crippen molar-refractivity contribution in [1.82, 2.24) is 0 Å². The number of allylic oxidation sites excluding steroid dienone is 1. The Labute approximate surface area is 189 Å². The summed E-state index contributed by atoms with van der Waals surface area (Å²) in [7, 11) is 0. The zero-order chi connectivity index (χ0) is 23.0. The molecule has 32 heavy (non-hydrogen) atoms. The monoisotopic (exact) mass is 425 g/mol. The Balaban J connectivity index is 1.88. The van der Waals surface area contributed by atoms with E-state index in [0.29, 0.717) is 30.3 Å². The van der Waals surface area contributed by atoms with Crippen molar-refractivity contribution >= 4 is 11.9 Å². The summed E-state index contributed by atoms with van der Waals surface area (Å²) in [6, 6.07) is 27.2. The maximum Gasteiger partial charge on any atom is 0.178 e. The summed E-state index contributed by atoms with van der Waals surface area (Å²) in [5.41, 5.74) is 2.27. The van der Waals surface area contributed by atoms with Crippen LogP contribution in [0.5, 0.6) is 11.5 Å². The third-order valence-corrected chi connectivity index (χ3v) is 4.80. The number of ketones is 1. The first-order valence-electron chi connectivity index (χ1n) is 10.5. The second-order valence-corrected chi connectivity index (χ2v) is 8.50. The van der Waals surface area contributed by atoms with Gasteiger partial charge in [-0.15, -0.1) is 0 Å². The smallest absolute Gasteiger partial charge is 0.178 e. The lowest BCUT2D eigenvalue weighted by molar-refractivity contribution is -0.121. The van der Waals surface area contributed by atoms with Gasteiger partial charge in [-0.3, -0.25) is 4.79 Å². The zero-order valence-corrected chi connectivity index (χ0v) is 18.7. The van der Waals surface area contributed by atoms with Crippen LogP contribution in [0.15, 0.2) is 84.4 Å². The van der Waals surface area contributed by atoms with Crippen LogP contribution in [-0.2, 0) is 18.0 Å². The van der Waals surface area contributed by atoms with Gasteiger partial charge in [-0.2, -0.15) is 5.26 Å². The van der Waals surface area contributed by atoms with Crippen LogP contribution in [0.1, 0.15) is 37.5 Å². The highest BCUT2D eigenvalue weighted by molar-refractivity contribution is 6.06. The van der Waals surface area contributed by atoms with Crippen LogP contribution in [-0.4, -0.2) is 5.78 Å². The van der Waals surface area contributed by atoms with Crippen LogP contribution in [0.3, 0.4) is 0 Å². The highest BCUT2D eigenvalue weighted by atomic mass is 16.5. The summed E-state index contributed by atoms with van der Waals surface area (Å²) in [5, 5.41) is 9.51. The average molecular weight is 426 g/mol. The third kappa shape index (κ3) is 6.33. The van der Waals surface area contributed by atoms with Crippen LogP contribution < -0.4 is 9.47 Å². The Morgan fingerprint density at radius 3 is 1.88 bits per heavy atom. The summed E-state index contributed by atoms with van der Waals surface area (Å²) in [4.78, 5) is 12.6. The van der Waals surface area contributed by atoms with Gasteiger partial charge in [0, 0.05) is 5.41 Å². The number of nitriles is 1. The molecule has 162 valence electrons. The topological polar surface area (TPSA) is 59.3 Å². The number of nitrogens with zero attached hydrogens (tertiary/aromatic N) is 1. The Kier molecular flexibility index (Phi) is 7.46. The van der Waals surface area contributed by atoms with Gasteiger partial charge in [0.05, 0.1) is 5.57 Å². The fourth-order valence-electron chi connectivity index (χ4n) is 3.04. The highest BCUT2D eigenvalue weighted by Gasteiger charge is 2.25. The van der Waals surface area contributed by atoms with E-state index in [1.54, 1.807) is 32.9 Å². The predicted molar refractivity (Wildman–Crippen MR) is 126 cm³/mol. The van der Waals surface area contributed by atoms with E-state index in [0.717, 1.165) is 11.1 Å². The van der Waals surface area contributed by atoms with Crippen molar-refractivity contribution in [3.8, 4) is 17.6 Å². The second kappa shape index (κ2) is 10.5. The minimum atomic E-state index is -0.632. The van der Waals surface area contributed by atoms with E-state index in [2.05, 4.69) is 0 Å². The molecule has 0 saturated carbocycles. The summed E-state index contributed by atoms with van der Waals surface area (Å²) >= 11 is 0. The van der Waals surface area contributed by atoms with Gasteiger partial charge in [0.15, 0.2) is 17.3 Å². The maximum absolute atomic E-state index is 12.6. The Bertz CT molecular complexity index is 1120. The van der Waals surface area contributed by atoms with E-state index in [1.807, 2.05) is 78.9 Å². The number of benzene rings is 3. The molecule has 0 unspecified atom stereocenters. The van der Waals surface area contributed by atoms with Crippen molar-refractivity contribution in [1.29, 1.82) is 5.26 Å². The van der Waals surface area contributed by atoms with Gasteiger partial charge >= 0.3 is 0 Å². The highest BCUT2D eigenvalue weighted by Crippen LogP contribution is 2.31. The maximum atomic E-state index is 12.6. The van der Waals surface area contributed by atoms with Crippen molar-refractivity contribution < 1.29 is 14.3 Å². The molecule has 4 nitrogen and oxygen atoms in total. The number of hydrogen-bond donors (Lipinski definition) is 0. The van der Waals surface area contributed by atoms with Crippen LogP contribution >= 0.6 is 0 Å². The summed E-state index contributed by atoms with van der Waals surface area (Å²) in [6.07, 6.45) is 1.60. The summed E-state index contributed by atoms with van der Waals surface area (Å²) in [6.45, 7) is 6.19. The van der Waals surface area contributed by atoms with Crippen molar-refractivity contribution in [2.75, 3.05) is 0 Å². The number of Topliss-reactive ketones (excluding diaryl/α,β-unsaturated/α-hetero) is 1. The molecule has 0 aliphatic heterocycles. The quantitative estimate of drug-likeness (QED) is 0.311. The van der Waals surface area contributed by atoms with E-state index in [-0.39, 0.29) is 11.4 Å². The predicted octanol–water partition coefficient (Wildman–Crippen LogP) is 6.37. The fraction of sp³-hybridized carbons (Fsp3) is 0.214. The molecule has 0 heterocycles. The largest absolute Gasteiger partial charge is 0.485 e. The van der Waals surface area contributed by atoms with Crippen LogP contribution in [0.2, 0.25) is 0 Å². The van der Waals surface area contributed by atoms with Crippen molar-refractivity contribution in [3.63, 3.8) is 0 Å². The van der Waals surface area contributed by atoms with E-state index < -0.39 is 5.41 Å². The van der Waals surface area contributed by atoms with Crippen molar-refractivity contribution in [3.05, 3.63) is 101 Å². The first-order chi connectivity index (χ1) is 15.4. The van der Waals surface area contributed by atoms with Crippen molar-refractivity contribution in [2.24, 2.45) is 5.41 Å². The first kappa shape index (κ1) is 22.8. The summed E-state index contributed by atoms with van der Waals surface area (Å²) in [5.74, 6) is 0.956. The lowest BCUT2D eigenvalue weighted by Crippen LogP contribution is -2.21. The number of carbonyl (C=O) groups excluding carboxylic acids is 1. The van der Waals surface area contributed by atoms with Gasteiger partial charge in [-0.1, -0.05) is 87.5 Å². The lowest BCUT2D eigenvalue weighted by atomic mass is 9.86. The van der Waals surface area contributed by atoms with Crippen LogP contribution in [0.25, 0.3) is 6.08 Å². The molecule has 0 spiro atoms. The lowest BCUT2D eigenvalue weighted by Gasteiger charge is -2.16. The first-order valence-corrected chi connectivity index (χ1v) is 10.5. The van der Waals surface area contributed by atoms with Gasteiger partial charge < -0.3 is 9.47 Å². The standard InChI is InChI=1S/C28H27NO3/c1-28(2,3)27(30)24(18-29)16-23-14-15-25(31-19-21-10-6-4-7-11-21)26(17-23)32-20-22-12-8-5-9-13-22/h4-17H,19-20H2,1-3H3. The molecule has 4 heteroatoms. The van der Waals surface area contributed by atoms with Crippen molar-refractivity contribution in [2.45, 2.75) is 34.0 Å². The molecule has 3 aromatic carbocycles. The molecule has 0 fully saturated rings. The average Bonchev–Trinajstić information content (AvgIpc) is 2.80. The van der Waals surface area contributed by atoms with Crippen LogP contribution in [0, 0.1) is 16.7 Å². The van der Waals surface area contributed by atoms with E-state index in [4.69, 9.17) is 9.47 Å². The second-order valence-electron chi connectivity index (χ2n) is 8.50. The molecular formula is C28H27NO3. The molecule has 0 atom stereocenters. The van der Waals surface area contributed by atoms with Gasteiger partial charge in [0.25, 0.3) is 0 Å². The minimum absolute atomic E-state index is 0.115. The number of carbonyl (C=O) groups is 1. The molecule has 0 aromatic heterocycles. The van der Waals surface area contributed by atoms with Gasteiger partial charge in [-0.25, -0.2) is 0 Å². The Morgan fingerprint density at radius 1 is 0.844 bits per heavy atom. The van der Waals surface area contributed by atoms with Gasteiger partial charge in [-0.05, 0) is 34.9 Å². The Morgan fingerprint density at radius 2 is 1.38 bits per heavy atom. The molecule has 3 rings (SSSR count). The van der Waals surface area contributed by atoms with Gasteiger partial charge in [0.1, 0.15) is 19.3 Å². The molecule has 0 amide bonds. The molecule has 0 aliphatic carbocycles. The van der Waals surface area contributed by atoms with E-state index in [9.17, 15) is 10.1 Å². The Hall–Kier alpha value is -3.84. The zero-order valence-electron chi connectivity index (χ0n) is 18.7. The summed E-state index contributed by atoms with van der Waals surface area (Å²) < 4.78 is 12.1. The number of hydrogen-bond acceptors (Lipinski definition) is 4. The molecule has 0 bridgehead atoms. The SMILES string of the molecule is CC(C)(C)C(=O)C(C#N)=Cc1ccc(OCc2ccccc2)c(OCc2ccccc2)c1.